The molecule has 3 aromatic carbocycles. The van der Waals surface area contributed by atoms with Crippen molar-refractivity contribution in [3.05, 3.63) is 94.0 Å². The topological polar surface area (TPSA) is 110 Å². The largest absolute Gasteiger partial charge is 0.343 e. The van der Waals surface area contributed by atoms with Gasteiger partial charge >= 0.3 is 0 Å². The molecule has 1 heterocycles. The first-order valence-corrected chi connectivity index (χ1v) is 16.3. The zero-order valence-electron chi connectivity index (χ0n) is 23.2. The Morgan fingerprint density at radius 2 is 1.49 bits per heavy atom. The number of carbonyl (C=O) groups is 2. The van der Waals surface area contributed by atoms with Gasteiger partial charge in [0.2, 0.25) is 5.91 Å². The molecular weight excluding hydrogens is 581 g/mol. The summed E-state index contributed by atoms with van der Waals surface area (Å²) >= 11 is 11.6. The standard InChI is InChI=1S/C19H20N2O4S.C9H8Cl2.C3H9N/c22-18(21-10-12-26(24,25)13-11-21)14-20-19(23)17-8-6-16(7-9-17)15-4-2-1-3-5-15;10-8-4-3-7(5-9(8)11)6-1-2-6;1-2-3-4/h1-9H,10-14H2,(H,20,23);3-6H,1-2H2;2-4H2,1H3. The van der Waals surface area contributed by atoms with E-state index in [0.717, 1.165) is 30.0 Å². The molecule has 0 bridgehead atoms. The molecule has 41 heavy (non-hydrogen) atoms. The third-order valence-corrected chi connectivity index (χ3v) is 8.98. The van der Waals surface area contributed by atoms with Gasteiger partial charge in [0.1, 0.15) is 0 Å². The highest BCUT2D eigenvalue weighted by Crippen LogP contribution is 2.41. The number of hydrogen-bond donors (Lipinski definition) is 2. The highest BCUT2D eigenvalue weighted by Gasteiger charge is 2.25. The third kappa shape index (κ3) is 10.8. The van der Waals surface area contributed by atoms with Gasteiger partial charge in [-0.2, -0.15) is 0 Å². The predicted octanol–water partition coefficient (Wildman–Crippen LogP) is 5.57. The Hall–Kier alpha value is -2.91. The van der Waals surface area contributed by atoms with Crippen LogP contribution in [-0.4, -0.2) is 62.8 Å². The number of nitrogens with zero attached hydrogens (tertiary/aromatic N) is 1. The first kappa shape index (κ1) is 32.6. The number of carbonyl (C=O) groups excluding carboxylic acids is 2. The molecule has 0 unspecified atom stereocenters. The lowest BCUT2D eigenvalue weighted by Crippen LogP contribution is -2.47. The van der Waals surface area contributed by atoms with E-state index in [1.165, 1.54) is 23.3 Å². The highest BCUT2D eigenvalue weighted by molar-refractivity contribution is 7.91. The number of benzene rings is 3. The first-order chi connectivity index (χ1) is 19.6. The van der Waals surface area contributed by atoms with E-state index in [4.69, 9.17) is 28.9 Å². The molecular formula is C31H37Cl2N3O4S. The van der Waals surface area contributed by atoms with E-state index >= 15 is 0 Å². The van der Waals surface area contributed by atoms with Crippen molar-refractivity contribution in [1.82, 2.24) is 10.2 Å². The molecule has 0 radical (unpaired) electrons. The number of sulfone groups is 1. The van der Waals surface area contributed by atoms with Crippen LogP contribution in [0.25, 0.3) is 11.1 Å². The molecule has 220 valence electrons. The second-order valence-corrected chi connectivity index (χ2v) is 13.0. The summed E-state index contributed by atoms with van der Waals surface area (Å²) in [5.41, 5.74) is 8.90. The lowest BCUT2D eigenvalue weighted by Gasteiger charge is -2.26. The number of nitrogens with one attached hydrogen (secondary N) is 1. The maximum Gasteiger partial charge on any atom is 0.251 e. The number of nitrogens with two attached hydrogens (primary N) is 1. The van der Waals surface area contributed by atoms with Crippen molar-refractivity contribution in [2.24, 2.45) is 5.73 Å². The Morgan fingerprint density at radius 3 is 2.02 bits per heavy atom. The zero-order chi connectivity index (χ0) is 29.8. The van der Waals surface area contributed by atoms with Gasteiger partial charge in [0.25, 0.3) is 5.91 Å². The average Bonchev–Trinajstić information content (AvgIpc) is 3.84. The van der Waals surface area contributed by atoms with Crippen LogP contribution < -0.4 is 11.1 Å². The minimum atomic E-state index is -3.03. The van der Waals surface area contributed by atoms with Gasteiger partial charge in [-0.25, -0.2) is 8.42 Å². The van der Waals surface area contributed by atoms with Gasteiger partial charge < -0.3 is 16.0 Å². The van der Waals surface area contributed by atoms with E-state index in [0.29, 0.717) is 15.6 Å². The maximum atomic E-state index is 12.2. The van der Waals surface area contributed by atoms with E-state index in [2.05, 4.69) is 18.3 Å². The predicted molar refractivity (Wildman–Crippen MR) is 167 cm³/mol. The Bertz CT molecular complexity index is 1380. The lowest BCUT2D eigenvalue weighted by atomic mass is 10.0. The van der Waals surface area contributed by atoms with Crippen LogP contribution in [0.4, 0.5) is 0 Å². The SMILES string of the molecule is CCCN.Clc1ccc(C2CC2)cc1Cl.O=C(NCC(=O)N1CCS(=O)(=O)CC1)c1ccc(-c2ccccc2)cc1. The molecule has 7 nitrogen and oxygen atoms in total. The summed E-state index contributed by atoms with van der Waals surface area (Å²) in [4.78, 5) is 25.8. The van der Waals surface area contributed by atoms with Crippen LogP contribution in [-0.2, 0) is 14.6 Å². The molecule has 1 aliphatic carbocycles. The summed E-state index contributed by atoms with van der Waals surface area (Å²) in [5.74, 6) is 0.114. The van der Waals surface area contributed by atoms with Gasteiger partial charge in [-0.3, -0.25) is 9.59 Å². The Kier molecular flexibility index (Phi) is 12.7. The monoisotopic (exact) mass is 617 g/mol. The molecule has 1 saturated carbocycles. The Balaban J connectivity index is 0.000000252. The van der Waals surface area contributed by atoms with Crippen molar-refractivity contribution in [2.45, 2.75) is 32.1 Å². The normalized spacial score (nSPS) is 15.5. The fourth-order valence-corrected chi connectivity index (χ4v) is 5.47. The van der Waals surface area contributed by atoms with E-state index in [-0.39, 0.29) is 43.0 Å². The van der Waals surface area contributed by atoms with Crippen LogP contribution >= 0.6 is 23.2 Å². The minimum Gasteiger partial charge on any atom is -0.343 e. The van der Waals surface area contributed by atoms with Crippen molar-refractivity contribution >= 4 is 44.9 Å². The Labute approximate surface area is 252 Å². The van der Waals surface area contributed by atoms with Crippen LogP contribution in [0.5, 0.6) is 0 Å². The fourth-order valence-electron chi connectivity index (χ4n) is 3.96. The van der Waals surface area contributed by atoms with Gasteiger partial charge in [-0.15, -0.1) is 0 Å². The average molecular weight is 619 g/mol. The second-order valence-electron chi connectivity index (χ2n) is 9.90. The van der Waals surface area contributed by atoms with E-state index in [1.807, 2.05) is 54.6 Å². The molecule has 1 aliphatic heterocycles. The summed E-state index contributed by atoms with van der Waals surface area (Å²) in [7, 11) is -3.03. The molecule has 2 amide bonds. The molecule has 3 aromatic rings. The molecule has 10 heteroatoms. The molecule has 0 spiro atoms. The van der Waals surface area contributed by atoms with E-state index in [9.17, 15) is 18.0 Å². The third-order valence-electron chi connectivity index (χ3n) is 6.63. The van der Waals surface area contributed by atoms with Crippen LogP contribution in [0.3, 0.4) is 0 Å². The molecule has 2 aliphatic rings. The van der Waals surface area contributed by atoms with E-state index in [1.54, 1.807) is 12.1 Å². The number of hydrogen-bond acceptors (Lipinski definition) is 5. The Morgan fingerprint density at radius 1 is 0.902 bits per heavy atom. The number of amides is 2. The summed E-state index contributed by atoms with van der Waals surface area (Å²) in [6.07, 6.45) is 3.70. The molecule has 2 fully saturated rings. The van der Waals surface area contributed by atoms with Crippen molar-refractivity contribution < 1.29 is 18.0 Å². The van der Waals surface area contributed by atoms with Crippen LogP contribution in [0.1, 0.15) is 48.0 Å². The van der Waals surface area contributed by atoms with Gasteiger partial charge in [0.15, 0.2) is 9.84 Å². The first-order valence-electron chi connectivity index (χ1n) is 13.7. The maximum absolute atomic E-state index is 12.2. The van der Waals surface area contributed by atoms with Gasteiger partial charge in [0.05, 0.1) is 28.1 Å². The number of rotatable bonds is 6. The van der Waals surface area contributed by atoms with E-state index < -0.39 is 9.84 Å². The highest BCUT2D eigenvalue weighted by atomic mass is 35.5. The fraction of sp³-hybridized carbons (Fsp3) is 0.355. The van der Waals surface area contributed by atoms with Crippen molar-refractivity contribution in [3.63, 3.8) is 0 Å². The van der Waals surface area contributed by atoms with Crippen LogP contribution in [0, 0.1) is 0 Å². The smallest absolute Gasteiger partial charge is 0.251 e. The summed E-state index contributed by atoms with van der Waals surface area (Å²) < 4.78 is 22.8. The second kappa shape index (κ2) is 15.9. The lowest BCUT2D eigenvalue weighted by molar-refractivity contribution is -0.129. The van der Waals surface area contributed by atoms with Crippen molar-refractivity contribution in [3.8, 4) is 11.1 Å². The van der Waals surface area contributed by atoms with Gasteiger partial charge in [-0.1, -0.05) is 78.7 Å². The van der Waals surface area contributed by atoms with Crippen molar-refractivity contribution in [2.75, 3.05) is 37.7 Å². The summed E-state index contributed by atoms with van der Waals surface area (Å²) in [6, 6.07) is 22.9. The zero-order valence-corrected chi connectivity index (χ0v) is 25.5. The summed E-state index contributed by atoms with van der Waals surface area (Å²) in [6.45, 7) is 3.10. The molecule has 5 rings (SSSR count). The van der Waals surface area contributed by atoms with Gasteiger partial charge in [-0.05, 0) is 72.7 Å². The van der Waals surface area contributed by atoms with Crippen molar-refractivity contribution in [1.29, 1.82) is 0 Å². The number of halogens is 2. The van der Waals surface area contributed by atoms with Crippen LogP contribution in [0.15, 0.2) is 72.8 Å². The molecule has 1 saturated heterocycles. The quantitative estimate of drug-likeness (QED) is 0.376. The molecule has 0 atom stereocenters. The summed E-state index contributed by atoms with van der Waals surface area (Å²) in [5, 5.41) is 3.92. The van der Waals surface area contributed by atoms with Gasteiger partial charge in [0, 0.05) is 18.7 Å². The molecule has 3 N–H and O–H groups in total. The van der Waals surface area contributed by atoms with Crippen LogP contribution in [0.2, 0.25) is 10.0 Å². The molecule has 0 aromatic heterocycles. The minimum absolute atomic E-state index is 0.0202.